The van der Waals surface area contributed by atoms with Crippen molar-refractivity contribution in [2.75, 3.05) is 13.2 Å². The first-order valence-corrected chi connectivity index (χ1v) is 16.3. The first kappa shape index (κ1) is 37.6. The maximum Gasteiger partial charge on any atom is 0.322 e. The SMILES string of the molecule is CCCCCCCCOC(=O)[C@@H](N)CCCCN.Cc1ccc(S(=O)(=O)O)cc1.Cc1ccc(S(=O)(=O)O)cc1. The summed E-state index contributed by atoms with van der Waals surface area (Å²) in [5.41, 5.74) is 13.0. The quantitative estimate of drug-likeness (QED) is 0.132. The molecule has 0 saturated heterocycles. The zero-order chi connectivity index (χ0) is 30.6. The third kappa shape index (κ3) is 18.9. The number of aryl methyl sites for hydroxylation is 2. The smallest absolute Gasteiger partial charge is 0.322 e. The van der Waals surface area contributed by atoms with Crippen LogP contribution in [0.4, 0.5) is 0 Å². The van der Waals surface area contributed by atoms with Gasteiger partial charge in [-0.05, 0) is 63.9 Å². The largest absolute Gasteiger partial charge is 0.465 e. The maximum atomic E-state index is 11.5. The molecule has 1 atom stereocenters. The molecule has 0 saturated carbocycles. The lowest BCUT2D eigenvalue weighted by Crippen LogP contribution is -2.32. The van der Waals surface area contributed by atoms with Crippen LogP contribution in [0, 0.1) is 13.8 Å². The van der Waals surface area contributed by atoms with Crippen LogP contribution in [0.15, 0.2) is 58.3 Å². The molecule has 0 aliphatic rings. The number of hydrogen-bond acceptors (Lipinski definition) is 8. The molecule has 0 spiro atoms. The molecule has 0 aromatic heterocycles. The molecule has 0 amide bonds. The van der Waals surface area contributed by atoms with Gasteiger partial charge in [0, 0.05) is 0 Å². The Balaban J connectivity index is 0.000000597. The van der Waals surface area contributed by atoms with E-state index in [1.807, 2.05) is 13.8 Å². The van der Waals surface area contributed by atoms with Crippen molar-refractivity contribution in [1.29, 1.82) is 0 Å². The second kappa shape index (κ2) is 20.5. The van der Waals surface area contributed by atoms with Gasteiger partial charge in [-0.2, -0.15) is 16.8 Å². The summed E-state index contributed by atoms with van der Waals surface area (Å²) in [4.78, 5) is 11.4. The van der Waals surface area contributed by atoms with E-state index in [4.69, 9.17) is 25.3 Å². The molecule has 0 aliphatic heterocycles. The summed E-state index contributed by atoms with van der Waals surface area (Å²) in [6.07, 6.45) is 9.63. The molecule has 0 aliphatic carbocycles. The van der Waals surface area contributed by atoms with E-state index in [0.717, 1.165) is 36.8 Å². The van der Waals surface area contributed by atoms with Gasteiger partial charge in [0.15, 0.2) is 0 Å². The van der Waals surface area contributed by atoms with Gasteiger partial charge in [0.25, 0.3) is 20.2 Å². The summed E-state index contributed by atoms with van der Waals surface area (Å²) in [6, 6.07) is 11.5. The summed E-state index contributed by atoms with van der Waals surface area (Å²) in [6.45, 7) is 7.05. The molecule has 6 N–H and O–H groups in total. The van der Waals surface area contributed by atoms with Gasteiger partial charge in [-0.3, -0.25) is 13.9 Å². The highest BCUT2D eigenvalue weighted by atomic mass is 32.2. The fourth-order valence-electron chi connectivity index (χ4n) is 3.21. The van der Waals surface area contributed by atoms with Crippen molar-refractivity contribution in [2.24, 2.45) is 11.5 Å². The minimum Gasteiger partial charge on any atom is -0.465 e. The zero-order valence-electron chi connectivity index (χ0n) is 23.8. The number of carbonyl (C=O) groups excluding carboxylic acids is 1. The van der Waals surface area contributed by atoms with Crippen molar-refractivity contribution in [2.45, 2.75) is 94.4 Å². The predicted molar refractivity (Wildman–Crippen MR) is 157 cm³/mol. The molecule has 2 aromatic carbocycles. The lowest BCUT2D eigenvalue weighted by Gasteiger charge is -2.11. The number of unbranched alkanes of at least 4 members (excludes halogenated alkanes) is 6. The van der Waals surface area contributed by atoms with Gasteiger partial charge < -0.3 is 16.2 Å². The van der Waals surface area contributed by atoms with Crippen molar-refractivity contribution < 1.29 is 35.5 Å². The third-order valence-corrected chi connectivity index (χ3v) is 7.39. The minimum atomic E-state index is -4.02. The molecule has 10 nitrogen and oxygen atoms in total. The highest BCUT2D eigenvalue weighted by molar-refractivity contribution is 7.86. The van der Waals surface area contributed by atoms with E-state index < -0.39 is 26.3 Å². The number of esters is 1. The first-order valence-electron chi connectivity index (χ1n) is 13.4. The van der Waals surface area contributed by atoms with Gasteiger partial charge in [0.05, 0.1) is 16.4 Å². The second-order valence-electron chi connectivity index (χ2n) is 9.40. The Bertz CT molecular complexity index is 1090. The highest BCUT2D eigenvalue weighted by Crippen LogP contribution is 2.10. The number of carbonyl (C=O) groups is 1. The standard InChI is InChI=1S/C14H30N2O2.2C7H8O3S/c1-2-3-4-5-6-9-12-18-14(17)13(16)10-7-8-11-15;2*1-6-2-4-7(5-3-6)11(8,9)10/h13H,2-12,15-16H2,1H3;2*2-5H,1H3,(H,8,9,10)/t13-;;/m0../s1. The van der Waals surface area contributed by atoms with E-state index in [0.29, 0.717) is 19.6 Å². The van der Waals surface area contributed by atoms with E-state index >= 15 is 0 Å². The topological polar surface area (TPSA) is 187 Å². The molecule has 0 radical (unpaired) electrons. The van der Waals surface area contributed by atoms with E-state index in [1.165, 1.54) is 49.9 Å². The lowest BCUT2D eigenvalue weighted by atomic mass is 10.1. The first-order chi connectivity index (χ1) is 18.7. The van der Waals surface area contributed by atoms with Gasteiger partial charge in [-0.1, -0.05) is 80.8 Å². The second-order valence-corrected chi connectivity index (χ2v) is 12.2. The van der Waals surface area contributed by atoms with Gasteiger partial charge in [0.1, 0.15) is 6.04 Å². The van der Waals surface area contributed by atoms with Crippen LogP contribution in [0.25, 0.3) is 0 Å². The average molecular weight is 603 g/mol. The van der Waals surface area contributed by atoms with Crippen molar-refractivity contribution in [3.8, 4) is 0 Å². The molecule has 228 valence electrons. The molecular formula is C28H46N2O8S2. The molecule has 0 fully saturated rings. The Hall–Kier alpha value is -2.35. The summed E-state index contributed by atoms with van der Waals surface area (Å²) < 4.78 is 64.2. The summed E-state index contributed by atoms with van der Waals surface area (Å²) in [5.74, 6) is -0.263. The fraction of sp³-hybridized carbons (Fsp3) is 0.536. The van der Waals surface area contributed by atoms with Crippen molar-refractivity contribution in [3.63, 3.8) is 0 Å². The average Bonchev–Trinajstić information content (AvgIpc) is 2.88. The number of hydrogen-bond donors (Lipinski definition) is 4. The molecule has 2 aromatic rings. The van der Waals surface area contributed by atoms with Crippen LogP contribution in [0.1, 0.15) is 75.8 Å². The molecule has 2 rings (SSSR count). The predicted octanol–water partition coefficient (Wildman–Crippen LogP) is 4.83. The van der Waals surface area contributed by atoms with Crippen LogP contribution in [-0.2, 0) is 29.8 Å². The van der Waals surface area contributed by atoms with E-state index in [2.05, 4.69) is 6.92 Å². The minimum absolute atomic E-state index is 0.0666. The van der Waals surface area contributed by atoms with Gasteiger partial charge >= 0.3 is 5.97 Å². The van der Waals surface area contributed by atoms with Crippen LogP contribution >= 0.6 is 0 Å². The van der Waals surface area contributed by atoms with Crippen LogP contribution in [-0.4, -0.2) is 51.1 Å². The van der Waals surface area contributed by atoms with Crippen LogP contribution in [0.2, 0.25) is 0 Å². The third-order valence-electron chi connectivity index (χ3n) is 5.65. The lowest BCUT2D eigenvalue weighted by molar-refractivity contribution is -0.145. The van der Waals surface area contributed by atoms with Crippen molar-refractivity contribution in [3.05, 3.63) is 59.7 Å². The van der Waals surface area contributed by atoms with Crippen LogP contribution in [0.5, 0.6) is 0 Å². The Kier molecular flexibility index (Phi) is 19.3. The van der Waals surface area contributed by atoms with Gasteiger partial charge in [-0.15, -0.1) is 0 Å². The summed E-state index contributed by atoms with van der Waals surface area (Å²) >= 11 is 0. The molecule has 0 heterocycles. The maximum absolute atomic E-state index is 11.5. The Labute approximate surface area is 240 Å². The molecular weight excluding hydrogens is 556 g/mol. The van der Waals surface area contributed by atoms with E-state index in [-0.39, 0.29) is 15.8 Å². The zero-order valence-corrected chi connectivity index (χ0v) is 25.4. The molecule has 0 unspecified atom stereocenters. The monoisotopic (exact) mass is 602 g/mol. The molecule has 0 bridgehead atoms. The summed E-state index contributed by atoms with van der Waals surface area (Å²) in [5, 5.41) is 0. The highest BCUT2D eigenvalue weighted by Gasteiger charge is 2.14. The number of rotatable bonds is 14. The van der Waals surface area contributed by atoms with Crippen LogP contribution < -0.4 is 11.5 Å². The number of nitrogens with two attached hydrogens (primary N) is 2. The normalized spacial score (nSPS) is 11.9. The van der Waals surface area contributed by atoms with Crippen molar-refractivity contribution in [1.82, 2.24) is 0 Å². The van der Waals surface area contributed by atoms with E-state index in [9.17, 15) is 21.6 Å². The molecule has 12 heteroatoms. The summed E-state index contributed by atoms with van der Waals surface area (Å²) in [7, 11) is -8.04. The Morgan fingerprint density at radius 2 is 1.18 bits per heavy atom. The Morgan fingerprint density at radius 3 is 1.57 bits per heavy atom. The molecule has 40 heavy (non-hydrogen) atoms. The fourth-order valence-corrected chi connectivity index (χ4v) is 4.17. The Morgan fingerprint density at radius 1 is 0.750 bits per heavy atom. The van der Waals surface area contributed by atoms with Gasteiger partial charge in [-0.25, -0.2) is 0 Å². The number of ether oxygens (including phenoxy) is 1. The van der Waals surface area contributed by atoms with Crippen molar-refractivity contribution >= 4 is 26.2 Å². The van der Waals surface area contributed by atoms with Crippen LogP contribution in [0.3, 0.4) is 0 Å². The van der Waals surface area contributed by atoms with Gasteiger partial charge in [0.2, 0.25) is 0 Å². The number of benzene rings is 2. The van der Waals surface area contributed by atoms with E-state index in [1.54, 1.807) is 24.3 Å².